The van der Waals surface area contributed by atoms with Gasteiger partial charge >= 0.3 is 0 Å². The quantitative estimate of drug-likeness (QED) is 0.567. The maximum atomic E-state index is 5.71. The van der Waals surface area contributed by atoms with E-state index >= 15 is 0 Å². The normalized spacial score (nSPS) is 18.0. The minimum Gasteiger partial charge on any atom is -0.486 e. The highest BCUT2D eigenvalue weighted by Crippen LogP contribution is 2.56. The summed E-state index contributed by atoms with van der Waals surface area (Å²) in [7, 11) is 6.96. The van der Waals surface area contributed by atoms with Gasteiger partial charge in [0.15, 0.2) is 23.0 Å². The summed E-state index contributed by atoms with van der Waals surface area (Å²) in [6.07, 6.45) is 0. The van der Waals surface area contributed by atoms with Gasteiger partial charge in [0.05, 0.1) is 0 Å². The Bertz CT molecular complexity index is 678. The van der Waals surface area contributed by atoms with Crippen LogP contribution in [0.2, 0.25) is 0 Å². The minimum atomic E-state index is 0.609. The molecule has 5 rings (SSSR count). The van der Waals surface area contributed by atoms with Crippen LogP contribution in [0.5, 0.6) is 23.0 Å². The van der Waals surface area contributed by atoms with Crippen LogP contribution in [0, 0.1) is 0 Å². The second kappa shape index (κ2) is 6.40. The number of fused-ring (bicyclic) bond motifs is 4. The van der Waals surface area contributed by atoms with Crippen molar-refractivity contribution < 1.29 is 18.9 Å². The van der Waals surface area contributed by atoms with Crippen molar-refractivity contribution >= 4 is 43.2 Å². The molecular formula is C16H12O4S4. The van der Waals surface area contributed by atoms with E-state index in [1.54, 1.807) is 43.2 Å². The zero-order valence-electron chi connectivity index (χ0n) is 12.4. The van der Waals surface area contributed by atoms with Gasteiger partial charge < -0.3 is 18.9 Å². The molecule has 0 fully saturated rings. The fraction of sp³-hybridized carbons (Fsp3) is 0.250. The fourth-order valence-electron chi connectivity index (χ4n) is 2.54. The molecule has 0 saturated heterocycles. The van der Waals surface area contributed by atoms with Gasteiger partial charge in [-0.3, -0.25) is 0 Å². The Labute approximate surface area is 155 Å². The molecule has 2 aromatic rings. The molecular weight excluding hydrogens is 384 g/mol. The van der Waals surface area contributed by atoms with Gasteiger partial charge in [0.2, 0.25) is 0 Å². The van der Waals surface area contributed by atoms with E-state index in [0.29, 0.717) is 26.4 Å². The Balaban J connectivity index is 1.50. The second-order valence-electron chi connectivity index (χ2n) is 5.22. The van der Waals surface area contributed by atoms with Crippen LogP contribution in [0.1, 0.15) is 0 Å². The number of hydrogen-bond acceptors (Lipinski definition) is 8. The standard InChI is InChI=1S/C16H12O4S4/c1-2-18-10-6-14-13(5-9(10)17-1)21-23-15-7-11-12(20-4-3-19-11)8-16(15)24-22-14/h5-8H,1-4H2. The first-order valence-electron chi connectivity index (χ1n) is 7.43. The third kappa shape index (κ3) is 2.79. The molecule has 0 radical (unpaired) electrons. The lowest BCUT2D eigenvalue weighted by molar-refractivity contribution is 0.170. The zero-order chi connectivity index (χ0) is 15.9. The molecule has 0 bridgehead atoms. The lowest BCUT2D eigenvalue weighted by Gasteiger charge is -2.23. The van der Waals surface area contributed by atoms with Crippen molar-refractivity contribution in [3.63, 3.8) is 0 Å². The van der Waals surface area contributed by atoms with Crippen molar-refractivity contribution in [2.45, 2.75) is 19.6 Å². The van der Waals surface area contributed by atoms with Crippen molar-refractivity contribution in [2.75, 3.05) is 26.4 Å². The fourth-order valence-corrected chi connectivity index (χ4v) is 7.95. The number of hydrogen-bond donors (Lipinski definition) is 0. The van der Waals surface area contributed by atoms with Crippen LogP contribution >= 0.6 is 43.2 Å². The summed E-state index contributed by atoms with van der Waals surface area (Å²) in [5, 5.41) is 0. The molecule has 3 aliphatic heterocycles. The maximum Gasteiger partial charge on any atom is 0.162 e. The molecule has 0 aliphatic carbocycles. The highest BCUT2D eigenvalue weighted by molar-refractivity contribution is 8.79. The molecule has 0 amide bonds. The Morgan fingerprint density at radius 2 is 0.708 bits per heavy atom. The first kappa shape index (κ1) is 15.3. The van der Waals surface area contributed by atoms with Crippen LogP contribution in [0.25, 0.3) is 0 Å². The van der Waals surface area contributed by atoms with E-state index in [-0.39, 0.29) is 0 Å². The summed E-state index contributed by atoms with van der Waals surface area (Å²) < 4.78 is 22.8. The van der Waals surface area contributed by atoms with Crippen molar-refractivity contribution in [1.82, 2.24) is 0 Å². The Kier molecular flexibility index (Phi) is 4.08. The topological polar surface area (TPSA) is 36.9 Å². The Hall–Kier alpha value is -0.960. The van der Waals surface area contributed by atoms with Gasteiger partial charge in [0.1, 0.15) is 26.4 Å². The van der Waals surface area contributed by atoms with Crippen LogP contribution in [0.4, 0.5) is 0 Å². The molecule has 0 N–H and O–H groups in total. The molecule has 4 nitrogen and oxygen atoms in total. The van der Waals surface area contributed by atoms with E-state index in [4.69, 9.17) is 18.9 Å². The summed E-state index contributed by atoms with van der Waals surface area (Å²) in [6, 6.07) is 8.33. The molecule has 24 heavy (non-hydrogen) atoms. The summed E-state index contributed by atoms with van der Waals surface area (Å²) in [5.41, 5.74) is 0. The minimum absolute atomic E-state index is 0.609. The predicted molar refractivity (Wildman–Crippen MR) is 98.3 cm³/mol. The van der Waals surface area contributed by atoms with Gasteiger partial charge in [-0.05, 0) is 24.3 Å². The highest BCUT2D eigenvalue weighted by Gasteiger charge is 2.22. The molecule has 124 valence electrons. The lowest BCUT2D eigenvalue weighted by Crippen LogP contribution is -2.15. The molecule has 0 spiro atoms. The SMILES string of the molecule is c1c2c(cc3c1SSc1cc4c(cc1SS3)OCCO4)OCCO2. The molecule has 3 aliphatic rings. The molecule has 0 atom stereocenters. The van der Waals surface area contributed by atoms with Crippen LogP contribution in [0.15, 0.2) is 43.8 Å². The second-order valence-corrected chi connectivity index (χ2v) is 9.64. The van der Waals surface area contributed by atoms with E-state index < -0.39 is 0 Å². The Morgan fingerprint density at radius 3 is 0.958 bits per heavy atom. The van der Waals surface area contributed by atoms with E-state index in [1.807, 2.05) is 0 Å². The molecule has 3 heterocycles. The van der Waals surface area contributed by atoms with Crippen LogP contribution in [-0.2, 0) is 0 Å². The van der Waals surface area contributed by atoms with E-state index in [2.05, 4.69) is 24.3 Å². The number of rotatable bonds is 0. The van der Waals surface area contributed by atoms with Crippen LogP contribution < -0.4 is 18.9 Å². The van der Waals surface area contributed by atoms with E-state index in [1.165, 1.54) is 19.6 Å². The van der Waals surface area contributed by atoms with Crippen LogP contribution in [-0.4, -0.2) is 26.4 Å². The molecule has 0 unspecified atom stereocenters. The third-order valence-electron chi connectivity index (χ3n) is 3.66. The molecule has 2 aromatic carbocycles. The lowest BCUT2D eigenvalue weighted by atomic mass is 10.3. The Morgan fingerprint density at radius 1 is 0.458 bits per heavy atom. The van der Waals surface area contributed by atoms with Crippen molar-refractivity contribution in [1.29, 1.82) is 0 Å². The number of benzene rings is 2. The first-order valence-corrected chi connectivity index (χ1v) is 11.7. The van der Waals surface area contributed by atoms with Gasteiger partial charge in [-0.2, -0.15) is 0 Å². The van der Waals surface area contributed by atoms with Gasteiger partial charge in [0.25, 0.3) is 0 Å². The highest BCUT2D eigenvalue weighted by atomic mass is 33.1. The van der Waals surface area contributed by atoms with Crippen molar-refractivity contribution in [3.05, 3.63) is 24.3 Å². The molecule has 0 aromatic heterocycles. The molecule has 8 heteroatoms. The monoisotopic (exact) mass is 396 g/mol. The van der Waals surface area contributed by atoms with Gasteiger partial charge in [-0.15, -0.1) is 0 Å². The van der Waals surface area contributed by atoms with Gasteiger partial charge in [-0.1, -0.05) is 43.2 Å². The summed E-state index contributed by atoms with van der Waals surface area (Å²) in [6.45, 7) is 2.44. The van der Waals surface area contributed by atoms with Gasteiger partial charge in [-0.25, -0.2) is 0 Å². The number of ether oxygens (including phenoxy) is 4. The first-order chi connectivity index (χ1) is 11.9. The smallest absolute Gasteiger partial charge is 0.162 e. The van der Waals surface area contributed by atoms with E-state index in [0.717, 1.165) is 23.0 Å². The van der Waals surface area contributed by atoms with Crippen molar-refractivity contribution in [3.8, 4) is 23.0 Å². The maximum absolute atomic E-state index is 5.71. The van der Waals surface area contributed by atoms with Gasteiger partial charge in [0, 0.05) is 19.6 Å². The largest absolute Gasteiger partial charge is 0.486 e. The average molecular weight is 397 g/mol. The predicted octanol–water partition coefficient (Wildman–Crippen LogP) is 5.14. The van der Waals surface area contributed by atoms with E-state index in [9.17, 15) is 0 Å². The molecule has 0 saturated carbocycles. The zero-order valence-corrected chi connectivity index (χ0v) is 15.7. The summed E-state index contributed by atoms with van der Waals surface area (Å²) >= 11 is 0. The average Bonchev–Trinajstić information content (AvgIpc) is 2.62. The summed E-state index contributed by atoms with van der Waals surface area (Å²) in [4.78, 5) is 4.79. The van der Waals surface area contributed by atoms with Crippen LogP contribution in [0.3, 0.4) is 0 Å². The van der Waals surface area contributed by atoms with Crippen molar-refractivity contribution in [2.24, 2.45) is 0 Å². The third-order valence-corrected chi connectivity index (χ3v) is 8.81. The summed E-state index contributed by atoms with van der Waals surface area (Å²) in [5.74, 6) is 3.34.